The smallest absolute Gasteiger partial charge is 0.0811 e. The number of unbranched alkanes of at least 4 members (excludes halogenated alkanes) is 2. The summed E-state index contributed by atoms with van der Waals surface area (Å²) in [6.07, 6.45) is 16.6. The summed E-state index contributed by atoms with van der Waals surface area (Å²) < 4.78 is 0. The second-order valence-corrected chi connectivity index (χ2v) is 12.1. The highest BCUT2D eigenvalue weighted by molar-refractivity contribution is 5.38. The number of rotatable bonds is 8. The standard InChI is InChI=1S/C29H48O3/c1-20(10-7-6-8-16-28(3,4)32)25-14-15-26-22(11-9-17-29(25,26)5)12-13-23-18-24(30)19-27(31)21(23)2/h12-13,20,24-27,30-32H,2,6-11,14-19H2,1,3-5H3/b22-12+,23-13-/t20-,24-,25-,26+,27+,29-/m1/s1. The fraction of sp³-hybridized carbons (Fsp3) is 0.793. The molecule has 0 amide bonds. The molecule has 0 saturated heterocycles. The molecule has 0 aromatic rings. The summed E-state index contributed by atoms with van der Waals surface area (Å²) in [6.45, 7) is 12.9. The number of aliphatic hydroxyl groups excluding tert-OH is 2. The van der Waals surface area contributed by atoms with Gasteiger partial charge in [0.05, 0.1) is 17.8 Å². The van der Waals surface area contributed by atoms with E-state index in [9.17, 15) is 15.3 Å². The Balaban J connectivity index is 1.61. The van der Waals surface area contributed by atoms with Gasteiger partial charge in [-0.2, -0.15) is 0 Å². The van der Waals surface area contributed by atoms with Gasteiger partial charge in [0.1, 0.15) is 0 Å². The Morgan fingerprint density at radius 1 is 1.16 bits per heavy atom. The normalized spacial score (nSPS) is 37.2. The Morgan fingerprint density at radius 3 is 2.62 bits per heavy atom. The maximum Gasteiger partial charge on any atom is 0.0811 e. The van der Waals surface area contributed by atoms with Crippen molar-refractivity contribution in [3.8, 4) is 0 Å². The Kier molecular flexibility index (Phi) is 8.50. The van der Waals surface area contributed by atoms with Crippen LogP contribution in [-0.2, 0) is 0 Å². The van der Waals surface area contributed by atoms with Crippen molar-refractivity contribution in [1.29, 1.82) is 0 Å². The van der Waals surface area contributed by atoms with Crippen LogP contribution in [0.3, 0.4) is 0 Å². The minimum Gasteiger partial charge on any atom is -0.393 e. The van der Waals surface area contributed by atoms with E-state index < -0.39 is 17.8 Å². The van der Waals surface area contributed by atoms with Crippen molar-refractivity contribution in [3.63, 3.8) is 0 Å². The third kappa shape index (κ3) is 6.15. The predicted octanol–water partition coefficient (Wildman–Crippen LogP) is 6.48. The third-order valence-corrected chi connectivity index (χ3v) is 8.94. The monoisotopic (exact) mass is 444 g/mol. The molecule has 3 rings (SSSR count). The zero-order valence-corrected chi connectivity index (χ0v) is 21.1. The van der Waals surface area contributed by atoms with Gasteiger partial charge < -0.3 is 15.3 Å². The van der Waals surface area contributed by atoms with E-state index in [1.807, 2.05) is 13.8 Å². The van der Waals surface area contributed by atoms with Gasteiger partial charge in [0, 0.05) is 6.42 Å². The van der Waals surface area contributed by atoms with Crippen LogP contribution in [0, 0.1) is 23.2 Å². The van der Waals surface area contributed by atoms with Gasteiger partial charge in [-0.15, -0.1) is 0 Å². The molecule has 3 nitrogen and oxygen atoms in total. The first kappa shape index (κ1) is 25.7. The summed E-state index contributed by atoms with van der Waals surface area (Å²) in [4.78, 5) is 0. The van der Waals surface area contributed by atoms with Crippen molar-refractivity contribution in [2.75, 3.05) is 0 Å². The molecule has 6 atom stereocenters. The Hall–Kier alpha value is -0.900. The number of hydrogen-bond donors (Lipinski definition) is 3. The summed E-state index contributed by atoms with van der Waals surface area (Å²) in [6, 6.07) is 0. The van der Waals surface area contributed by atoms with Gasteiger partial charge in [0.25, 0.3) is 0 Å². The quantitative estimate of drug-likeness (QED) is 0.375. The molecule has 0 unspecified atom stereocenters. The molecular formula is C29H48O3. The molecule has 3 heteroatoms. The SMILES string of the molecule is C=C1/C(=C\C=C2/CCC[C@]3(C)[C@@H]([C@H](C)CCCCCC(C)(C)O)CC[C@@H]23)C[C@@H](O)C[C@@H]1O. The van der Waals surface area contributed by atoms with Crippen LogP contribution in [0.4, 0.5) is 0 Å². The van der Waals surface area contributed by atoms with Crippen molar-refractivity contribution in [3.05, 3.63) is 35.5 Å². The van der Waals surface area contributed by atoms with Crippen LogP contribution in [0.25, 0.3) is 0 Å². The fourth-order valence-corrected chi connectivity index (χ4v) is 7.08. The average molecular weight is 445 g/mol. The van der Waals surface area contributed by atoms with Crippen molar-refractivity contribution in [1.82, 2.24) is 0 Å². The first-order valence-electron chi connectivity index (χ1n) is 13.2. The van der Waals surface area contributed by atoms with Crippen LogP contribution in [-0.4, -0.2) is 33.1 Å². The summed E-state index contributed by atoms with van der Waals surface area (Å²) in [7, 11) is 0. The van der Waals surface area contributed by atoms with E-state index in [0.717, 1.165) is 35.8 Å². The van der Waals surface area contributed by atoms with Gasteiger partial charge in [-0.25, -0.2) is 0 Å². The summed E-state index contributed by atoms with van der Waals surface area (Å²) >= 11 is 0. The number of fused-ring (bicyclic) bond motifs is 1. The van der Waals surface area contributed by atoms with Gasteiger partial charge >= 0.3 is 0 Å². The highest BCUT2D eigenvalue weighted by Crippen LogP contribution is 2.60. The van der Waals surface area contributed by atoms with E-state index in [0.29, 0.717) is 24.2 Å². The van der Waals surface area contributed by atoms with Crippen LogP contribution in [0.1, 0.15) is 105 Å². The molecular weight excluding hydrogens is 396 g/mol. The number of allylic oxidation sites excluding steroid dienone is 3. The maximum atomic E-state index is 10.2. The average Bonchev–Trinajstić information content (AvgIpc) is 3.06. The summed E-state index contributed by atoms with van der Waals surface area (Å²) in [5.74, 6) is 2.22. The van der Waals surface area contributed by atoms with Gasteiger partial charge in [-0.3, -0.25) is 0 Å². The van der Waals surface area contributed by atoms with E-state index in [-0.39, 0.29) is 0 Å². The van der Waals surface area contributed by atoms with Crippen LogP contribution in [0.5, 0.6) is 0 Å². The summed E-state index contributed by atoms with van der Waals surface area (Å²) in [5.41, 5.74) is 3.25. The topological polar surface area (TPSA) is 60.7 Å². The second kappa shape index (κ2) is 10.6. The molecule has 3 N–H and O–H groups in total. The van der Waals surface area contributed by atoms with Gasteiger partial charge in [-0.1, -0.05) is 63.8 Å². The minimum absolute atomic E-state index is 0.400. The van der Waals surface area contributed by atoms with Crippen molar-refractivity contribution in [2.45, 2.75) is 123 Å². The Bertz CT molecular complexity index is 712. The van der Waals surface area contributed by atoms with Crippen LogP contribution < -0.4 is 0 Å². The summed E-state index contributed by atoms with van der Waals surface area (Å²) in [5, 5.41) is 30.1. The highest BCUT2D eigenvalue weighted by atomic mass is 16.3. The van der Waals surface area contributed by atoms with Crippen LogP contribution in [0.2, 0.25) is 0 Å². The predicted molar refractivity (Wildman–Crippen MR) is 133 cm³/mol. The third-order valence-electron chi connectivity index (χ3n) is 8.94. The van der Waals surface area contributed by atoms with E-state index in [4.69, 9.17) is 0 Å². The molecule has 0 aromatic carbocycles. The molecule has 3 saturated carbocycles. The Morgan fingerprint density at radius 2 is 1.91 bits per heavy atom. The van der Waals surface area contributed by atoms with Gasteiger partial charge in [-0.05, 0) is 93.1 Å². The lowest BCUT2D eigenvalue weighted by Crippen LogP contribution is -2.36. The van der Waals surface area contributed by atoms with E-state index in [1.165, 1.54) is 51.4 Å². The van der Waals surface area contributed by atoms with Crippen LogP contribution >= 0.6 is 0 Å². The van der Waals surface area contributed by atoms with Crippen molar-refractivity contribution >= 4 is 0 Å². The zero-order valence-electron chi connectivity index (χ0n) is 21.1. The minimum atomic E-state index is -0.611. The molecule has 0 radical (unpaired) electrons. The van der Waals surface area contributed by atoms with E-state index in [2.05, 4.69) is 32.6 Å². The lowest BCUT2D eigenvalue weighted by molar-refractivity contribution is 0.0672. The molecule has 182 valence electrons. The Labute approximate surface area is 196 Å². The van der Waals surface area contributed by atoms with E-state index >= 15 is 0 Å². The highest BCUT2D eigenvalue weighted by Gasteiger charge is 2.50. The largest absolute Gasteiger partial charge is 0.393 e. The van der Waals surface area contributed by atoms with Gasteiger partial charge in [0.2, 0.25) is 0 Å². The first-order chi connectivity index (χ1) is 15.0. The molecule has 0 bridgehead atoms. The first-order valence-corrected chi connectivity index (χ1v) is 13.2. The molecule has 0 spiro atoms. The lowest BCUT2D eigenvalue weighted by Gasteiger charge is -2.44. The molecule has 3 aliphatic rings. The molecule has 0 aliphatic heterocycles. The van der Waals surface area contributed by atoms with Crippen molar-refractivity contribution < 1.29 is 15.3 Å². The maximum absolute atomic E-state index is 10.2. The molecule has 0 heterocycles. The van der Waals surface area contributed by atoms with E-state index in [1.54, 1.807) is 5.57 Å². The number of hydrogen-bond acceptors (Lipinski definition) is 3. The second-order valence-electron chi connectivity index (χ2n) is 12.1. The fourth-order valence-electron chi connectivity index (χ4n) is 7.08. The molecule has 3 fully saturated rings. The van der Waals surface area contributed by atoms with Crippen LogP contribution in [0.15, 0.2) is 35.5 Å². The van der Waals surface area contributed by atoms with Gasteiger partial charge in [0.15, 0.2) is 0 Å². The molecule has 32 heavy (non-hydrogen) atoms. The molecule has 0 aromatic heterocycles. The van der Waals surface area contributed by atoms with Crippen molar-refractivity contribution in [2.24, 2.45) is 23.2 Å². The zero-order chi connectivity index (χ0) is 23.5. The lowest BCUT2D eigenvalue weighted by atomic mass is 9.60. The molecule has 3 aliphatic carbocycles. The number of aliphatic hydroxyl groups is 3.